The standard InChI is InChI=1S/C16H19NO/c1-2-3-4-7-14(18)12-13-10-11-17-16-9-6-5-8-15(13)16/h5-6,8-11H,2-4,7,12H2,1H3. The van der Waals surface area contributed by atoms with Crippen molar-refractivity contribution in [1.29, 1.82) is 0 Å². The van der Waals surface area contributed by atoms with E-state index in [1.807, 2.05) is 30.3 Å². The highest BCUT2D eigenvalue weighted by Crippen LogP contribution is 2.17. The molecule has 2 heteroatoms. The maximum Gasteiger partial charge on any atom is 0.137 e. The zero-order valence-corrected chi connectivity index (χ0v) is 10.9. The minimum Gasteiger partial charge on any atom is -0.299 e. The molecule has 0 saturated carbocycles. The Morgan fingerprint density at radius 2 is 2.00 bits per heavy atom. The third kappa shape index (κ3) is 3.16. The number of nitrogens with zero attached hydrogens (tertiary/aromatic N) is 1. The number of Topliss-reactive ketones (excluding diaryl/α,β-unsaturated/α-hetero) is 1. The van der Waals surface area contributed by atoms with Crippen LogP contribution in [0.3, 0.4) is 0 Å². The van der Waals surface area contributed by atoms with Crippen LogP contribution in [0.2, 0.25) is 0 Å². The number of para-hydroxylation sites is 1. The minimum absolute atomic E-state index is 0.333. The maximum atomic E-state index is 11.9. The smallest absolute Gasteiger partial charge is 0.137 e. The van der Waals surface area contributed by atoms with E-state index in [1.165, 1.54) is 0 Å². The van der Waals surface area contributed by atoms with Gasteiger partial charge < -0.3 is 0 Å². The lowest BCUT2D eigenvalue weighted by atomic mass is 10.0. The van der Waals surface area contributed by atoms with Crippen molar-refractivity contribution in [3.8, 4) is 0 Å². The van der Waals surface area contributed by atoms with E-state index in [0.29, 0.717) is 18.6 Å². The van der Waals surface area contributed by atoms with Crippen LogP contribution in [0, 0.1) is 0 Å². The highest BCUT2D eigenvalue weighted by Gasteiger charge is 2.07. The van der Waals surface area contributed by atoms with Gasteiger partial charge in [0.15, 0.2) is 0 Å². The molecule has 0 radical (unpaired) electrons. The van der Waals surface area contributed by atoms with Gasteiger partial charge in [-0.2, -0.15) is 0 Å². The number of carbonyl (C=O) groups is 1. The molecule has 0 unspecified atom stereocenters. The Morgan fingerprint density at radius 1 is 1.17 bits per heavy atom. The van der Waals surface area contributed by atoms with Crippen molar-refractivity contribution in [3.63, 3.8) is 0 Å². The first-order chi connectivity index (χ1) is 8.81. The molecule has 18 heavy (non-hydrogen) atoms. The Morgan fingerprint density at radius 3 is 2.83 bits per heavy atom. The zero-order chi connectivity index (χ0) is 12.8. The number of benzene rings is 1. The maximum absolute atomic E-state index is 11.9. The lowest BCUT2D eigenvalue weighted by Gasteiger charge is -2.05. The second-order valence-corrected chi connectivity index (χ2v) is 4.66. The van der Waals surface area contributed by atoms with E-state index >= 15 is 0 Å². The molecule has 0 fully saturated rings. The van der Waals surface area contributed by atoms with Gasteiger partial charge >= 0.3 is 0 Å². The topological polar surface area (TPSA) is 30.0 Å². The van der Waals surface area contributed by atoms with Crippen LogP contribution in [-0.2, 0) is 11.2 Å². The molecule has 1 aromatic carbocycles. The van der Waals surface area contributed by atoms with Crippen LogP contribution in [-0.4, -0.2) is 10.8 Å². The summed E-state index contributed by atoms with van der Waals surface area (Å²) in [5, 5.41) is 1.10. The number of aromatic nitrogens is 1. The average Bonchev–Trinajstić information content (AvgIpc) is 2.39. The molecular formula is C16H19NO. The number of pyridine rings is 1. The van der Waals surface area contributed by atoms with Crippen molar-refractivity contribution in [2.24, 2.45) is 0 Å². The van der Waals surface area contributed by atoms with E-state index in [0.717, 1.165) is 35.7 Å². The predicted octanol–water partition coefficient (Wildman–Crippen LogP) is 3.93. The first-order valence-electron chi connectivity index (χ1n) is 6.65. The molecular weight excluding hydrogens is 222 g/mol. The molecule has 2 rings (SSSR count). The normalized spacial score (nSPS) is 10.7. The van der Waals surface area contributed by atoms with Gasteiger partial charge in [0, 0.05) is 24.4 Å². The first kappa shape index (κ1) is 12.7. The van der Waals surface area contributed by atoms with Crippen molar-refractivity contribution in [2.45, 2.75) is 39.0 Å². The summed E-state index contributed by atoms with van der Waals surface area (Å²) in [6, 6.07) is 9.95. The fraction of sp³-hybridized carbons (Fsp3) is 0.375. The summed E-state index contributed by atoms with van der Waals surface area (Å²) in [5.74, 6) is 0.333. The van der Waals surface area contributed by atoms with Gasteiger partial charge in [-0.05, 0) is 24.1 Å². The summed E-state index contributed by atoms with van der Waals surface area (Å²) in [6.07, 6.45) is 6.33. The molecule has 2 nitrogen and oxygen atoms in total. The lowest BCUT2D eigenvalue weighted by molar-refractivity contribution is -0.118. The van der Waals surface area contributed by atoms with Crippen LogP contribution in [0.25, 0.3) is 10.9 Å². The molecule has 0 amide bonds. The quantitative estimate of drug-likeness (QED) is 0.717. The summed E-state index contributed by atoms with van der Waals surface area (Å²) in [4.78, 5) is 16.2. The van der Waals surface area contributed by atoms with Crippen molar-refractivity contribution in [1.82, 2.24) is 4.98 Å². The molecule has 0 atom stereocenters. The Balaban J connectivity index is 2.09. The van der Waals surface area contributed by atoms with Crippen LogP contribution in [0.4, 0.5) is 0 Å². The first-order valence-corrected chi connectivity index (χ1v) is 6.65. The molecule has 0 N–H and O–H groups in total. The van der Waals surface area contributed by atoms with Gasteiger partial charge in [-0.25, -0.2) is 0 Å². The molecule has 0 saturated heterocycles. The second kappa shape index (κ2) is 6.29. The minimum atomic E-state index is 0.333. The lowest BCUT2D eigenvalue weighted by Crippen LogP contribution is -2.03. The summed E-state index contributed by atoms with van der Waals surface area (Å²) in [7, 11) is 0. The summed E-state index contributed by atoms with van der Waals surface area (Å²) in [5.41, 5.74) is 2.07. The largest absolute Gasteiger partial charge is 0.299 e. The van der Waals surface area contributed by atoms with Crippen LogP contribution in [0.5, 0.6) is 0 Å². The average molecular weight is 241 g/mol. The fourth-order valence-electron chi connectivity index (χ4n) is 2.18. The SMILES string of the molecule is CCCCCC(=O)Cc1ccnc2ccccc12. The van der Waals surface area contributed by atoms with Gasteiger partial charge in [0.05, 0.1) is 5.52 Å². The molecule has 0 aliphatic heterocycles. The summed E-state index contributed by atoms with van der Waals surface area (Å²) >= 11 is 0. The number of ketones is 1. The summed E-state index contributed by atoms with van der Waals surface area (Å²) in [6.45, 7) is 2.15. The van der Waals surface area contributed by atoms with Gasteiger partial charge in [-0.15, -0.1) is 0 Å². The van der Waals surface area contributed by atoms with Gasteiger partial charge in [0.2, 0.25) is 0 Å². The number of rotatable bonds is 6. The molecule has 0 spiro atoms. The Bertz CT molecular complexity index is 528. The van der Waals surface area contributed by atoms with Gasteiger partial charge in [-0.3, -0.25) is 9.78 Å². The Hall–Kier alpha value is -1.70. The molecule has 2 aromatic rings. The highest BCUT2D eigenvalue weighted by molar-refractivity contribution is 5.88. The third-order valence-corrected chi connectivity index (χ3v) is 3.19. The number of fused-ring (bicyclic) bond motifs is 1. The van der Waals surface area contributed by atoms with Gasteiger partial charge in [0.1, 0.15) is 5.78 Å². The Labute approximate surface area is 108 Å². The second-order valence-electron chi connectivity index (χ2n) is 4.66. The molecule has 1 aromatic heterocycles. The number of hydrogen-bond donors (Lipinski definition) is 0. The van der Waals surface area contributed by atoms with E-state index < -0.39 is 0 Å². The van der Waals surface area contributed by atoms with E-state index in [9.17, 15) is 4.79 Å². The van der Waals surface area contributed by atoms with Crippen LogP contribution in [0.15, 0.2) is 36.5 Å². The number of carbonyl (C=O) groups excluding carboxylic acids is 1. The molecule has 94 valence electrons. The highest BCUT2D eigenvalue weighted by atomic mass is 16.1. The molecule has 0 bridgehead atoms. The Kier molecular flexibility index (Phi) is 4.46. The van der Waals surface area contributed by atoms with Crippen LogP contribution < -0.4 is 0 Å². The monoisotopic (exact) mass is 241 g/mol. The third-order valence-electron chi connectivity index (χ3n) is 3.19. The molecule has 0 aliphatic rings. The van der Waals surface area contributed by atoms with Crippen LogP contribution in [0.1, 0.15) is 38.2 Å². The van der Waals surface area contributed by atoms with Crippen LogP contribution >= 0.6 is 0 Å². The van der Waals surface area contributed by atoms with Crippen molar-refractivity contribution in [2.75, 3.05) is 0 Å². The van der Waals surface area contributed by atoms with Gasteiger partial charge in [0.25, 0.3) is 0 Å². The molecule has 1 heterocycles. The number of unbranched alkanes of at least 4 members (excludes halogenated alkanes) is 2. The van der Waals surface area contributed by atoms with Crippen molar-refractivity contribution < 1.29 is 4.79 Å². The van der Waals surface area contributed by atoms with E-state index in [4.69, 9.17) is 0 Å². The summed E-state index contributed by atoms with van der Waals surface area (Å²) < 4.78 is 0. The number of hydrogen-bond acceptors (Lipinski definition) is 2. The van der Waals surface area contributed by atoms with Gasteiger partial charge in [-0.1, -0.05) is 38.0 Å². The predicted molar refractivity (Wildman–Crippen MR) is 74.6 cm³/mol. The van der Waals surface area contributed by atoms with Crippen molar-refractivity contribution >= 4 is 16.7 Å². The fourth-order valence-corrected chi connectivity index (χ4v) is 2.18. The van der Waals surface area contributed by atoms with Crippen molar-refractivity contribution in [3.05, 3.63) is 42.1 Å². The van der Waals surface area contributed by atoms with E-state index in [2.05, 4.69) is 11.9 Å². The van der Waals surface area contributed by atoms with E-state index in [-0.39, 0.29) is 0 Å². The van der Waals surface area contributed by atoms with E-state index in [1.54, 1.807) is 6.20 Å². The zero-order valence-electron chi connectivity index (χ0n) is 10.9. The molecule has 0 aliphatic carbocycles.